The quantitative estimate of drug-likeness (QED) is 0.178. The van der Waals surface area contributed by atoms with Gasteiger partial charge in [0, 0.05) is 3.57 Å². The zero-order chi connectivity index (χ0) is 21.8. The van der Waals surface area contributed by atoms with Gasteiger partial charge in [0.2, 0.25) is 0 Å². The molecule has 0 N–H and O–H groups in total. The Kier molecular flexibility index (Phi) is 6.53. The van der Waals surface area contributed by atoms with Crippen molar-refractivity contribution in [3.63, 3.8) is 0 Å². The van der Waals surface area contributed by atoms with Crippen LogP contribution in [0.5, 0.6) is 5.75 Å². The van der Waals surface area contributed by atoms with E-state index >= 15 is 0 Å². The van der Waals surface area contributed by atoms with Gasteiger partial charge in [-0.05, 0) is 88.0 Å². The predicted octanol–water partition coefficient (Wildman–Crippen LogP) is 5.75. The highest BCUT2D eigenvalue weighted by molar-refractivity contribution is 14.1. The van der Waals surface area contributed by atoms with Crippen molar-refractivity contribution in [2.75, 3.05) is 0 Å². The number of benzene rings is 3. The molecule has 4 rings (SSSR count). The molecular formula is C24H16INO4S. The second kappa shape index (κ2) is 9.49. The molecule has 1 saturated heterocycles. The van der Waals surface area contributed by atoms with Gasteiger partial charge in [0.15, 0.2) is 0 Å². The molecule has 1 aliphatic rings. The summed E-state index contributed by atoms with van der Waals surface area (Å²) in [5.41, 5.74) is 2.00. The summed E-state index contributed by atoms with van der Waals surface area (Å²) in [6.07, 6.45) is 1.64. The summed E-state index contributed by atoms with van der Waals surface area (Å²) in [6, 6.07) is 23.2. The van der Waals surface area contributed by atoms with Gasteiger partial charge >= 0.3 is 5.97 Å². The third kappa shape index (κ3) is 5.23. The fourth-order valence-electron chi connectivity index (χ4n) is 2.97. The number of carbonyl (C=O) groups excluding carboxylic acids is 3. The van der Waals surface area contributed by atoms with Gasteiger partial charge in [-0.15, -0.1) is 0 Å². The number of ether oxygens (including phenoxy) is 1. The third-order valence-electron chi connectivity index (χ3n) is 4.50. The summed E-state index contributed by atoms with van der Waals surface area (Å²) in [7, 11) is 0. The molecule has 2 amide bonds. The zero-order valence-electron chi connectivity index (χ0n) is 16.2. The number of halogens is 1. The van der Waals surface area contributed by atoms with Crippen molar-refractivity contribution in [3.8, 4) is 5.75 Å². The fourth-order valence-corrected chi connectivity index (χ4v) is 4.17. The van der Waals surface area contributed by atoms with Gasteiger partial charge in [0.1, 0.15) is 5.75 Å². The Morgan fingerprint density at radius 2 is 1.71 bits per heavy atom. The Morgan fingerprint density at radius 1 is 0.968 bits per heavy atom. The van der Waals surface area contributed by atoms with E-state index in [9.17, 15) is 14.4 Å². The van der Waals surface area contributed by atoms with E-state index in [1.165, 1.54) is 4.90 Å². The summed E-state index contributed by atoms with van der Waals surface area (Å²) >= 11 is 3.11. The molecule has 0 aromatic heterocycles. The normalized spacial score (nSPS) is 14.9. The molecule has 31 heavy (non-hydrogen) atoms. The van der Waals surface area contributed by atoms with Crippen LogP contribution in [0.1, 0.15) is 21.5 Å². The first-order valence-corrected chi connectivity index (χ1v) is 11.3. The number of imide groups is 1. The summed E-state index contributed by atoms with van der Waals surface area (Å²) < 4.78 is 6.51. The molecule has 0 aliphatic carbocycles. The van der Waals surface area contributed by atoms with Crippen LogP contribution in [-0.2, 0) is 11.3 Å². The van der Waals surface area contributed by atoms with Crippen LogP contribution < -0.4 is 4.74 Å². The third-order valence-corrected chi connectivity index (χ3v) is 6.13. The van der Waals surface area contributed by atoms with E-state index in [2.05, 4.69) is 22.6 Å². The molecule has 3 aromatic rings. The van der Waals surface area contributed by atoms with Gasteiger partial charge in [0.25, 0.3) is 11.1 Å². The molecule has 7 heteroatoms. The maximum Gasteiger partial charge on any atom is 0.343 e. The average Bonchev–Trinajstić information content (AvgIpc) is 3.03. The van der Waals surface area contributed by atoms with Crippen LogP contribution in [0.25, 0.3) is 6.08 Å². The van der Waals surface area contributed by atoms with E-state index in [4.69, 9.17) is 4.74 Å². The minimum atomic E-state index is -0.462. The van der Waals surface area contributed by atoms with Crippen molar-refractivity contribution in [1.82, 2.24) is 4.90 Å². The van der Waals surface area contributed by atoms with Gasteiger partial charge in [-0.2, -0.15) is 0 Å². The van der Waals surface area contributed by atoms with E-state index < -0.39 is 5.97 Å². The number of nitrogens with zero attached hydrogens (tertiary/aromatic N) is 1. The lowest BCUT2D eigenvalue weighted by Gasteiger charge is -2.12. The molecule has 3 aromatic carbocycles. The lowest BCUT2D eigenvalue weighted by Crippen LogP contribution is -2.27. The van der Waals surface area contributed by atoms with Gasteiger partial charge in [-0.25, -0.2) is 4.79 Å². The van der Waals surface area contributed by atoms with E-state index in [1.807, 2.05) is 30.3 Å². The molecular weight excluding hydrogens is 525 g/mol. The number of hydrogen-bond acceptors (Lipinski definition) is 5. The first kappa shape index (κ1) is 21.3. The van der Waals surface area contributed by atoms with Crippen molar-refractivity contribution in [2.45, 2.75) is 6.54 Å². The number of esters is 1. The van der Waals surface area contributed by atoms with E-state index in [0.29, 0.717) is 21.8 Å². The van der Waals surface area contributed by atoms with Gasteiger partial charge in [-0.3, -0.25) is 14.5 Å². The van der Waals surface area contributed by atoms with Crippen molar-refractivity contribution in [1.29, 1.82) is 0 Å². The number of carbonyl (C=O) groups is 3. The first-order valence-electron chi connectivity index (χ1n) is 9.37. The smallest absolute Gasteiger partial charge is 0.343 e. The maximum atomic E-state index is 12.8. The highest BCUT2D eigenvalue weighted by atomic mass is 127. The van der Waals surface area contributed by atoms with Gasteiger partial charge in [0.05, 0.1) is 17.0 Å². The van der Waals surface area contributed by atoms with Crippen LogP contribution in [-0.4, -0.2) is 22.0 Å². The summed E-state index contributed by atoms with van der Waals surface area (Å²) in [5.74, 6) is -0.434. The topological polar surface area (TPSA) is 63.7 Å². The number of amides is 2. The van der Waals surface area contributed by atoms with Crippen LogP contribution in [0.15, 0.2) is 83.8 Å². The summed E-state index contributed by atoms with van der Waals surface area (Å²) in [4.78, 5) is 39.0. The largest absolute Gasteiger partial charge is 0.423 e. The SMILES string of the molecule is O=C(Oc1cccc(/C=C2\SC(=O)N(Cc3ccc(I)cc3)C2=O)c1)c1ccccc1. The van der Waals surface area contributed by atoms with Crippen molar-refractivity contribution in [3.05, 3.63) is 104 Å². The molecule has 154 valence electrons. The standard InChI is InChI=1S/C24H16INO4S/c25-19-11-9-16(10-12-19)15-26-22(27)21(31-24(26)29)14-17-5-4-8-20(13-17)30-23(28)18-6-2-1-3-7-18/h1-14H,15H2/b21-14-. The van der Waals surface area contributed by atoms with Crippen molar-refractivity contribution >= 4 is 57.5 Å². The van der Waals surface area contributed by atoms with Gasteiger partial charge in [-0.1, -0.05) is 42.5 Å². The summed E-state index contributed by atoms with van der Waals surface area (Å²) in [6.45, 7) is 0.230. The molecule has 0 unspecified atom stereocenters. The second-order valence-corrected chi connectivity index (χ2v) is 8.96. The minimum Gasteiger partial charge on any atom is -0.423 e. The number of rotatable bonds is 5. The molecule has 0 saturated carbocycles. The van der Waals surface area contributed by atoms with Crippen LogP contribution in [0, 0.1) is 3.57 Å². The maximum absolute atomic E-state index is 12.8. The van der Waals surface area contributed by atoms with E-state index in [1.54, 1.807) is 54.6 Å². The Hall–Kier alpha value is -2.91. The molecule has 1 aliphatic heterocycles. The second-order valence-electron chi connectivity index (χ2n) is 6.72. The van der Waals surface area contributed by atoms with E-state index in [0.717, 1.165) is 20.9 Å². The highest BCUT2D eigenvalue weighted by Gasteiger charge is 2.34. The van der Waals surface area contributed by atoms with Crippen LogP contribution in [0.2, 0.25) is 0 Å². The molecule has 0 bridgehead atoms. The monoisotopic (exact) mass is 541 g/mol. The Balaban J connectivity index is 1.49. The predicted molar refractivity (Wildman–Crippen MR) is 129 cm³/mol. The van der Waals surface area contributed by atoms with E-state index in [-0.39, 0.29) is 17.7 Å². The average molecular weight is 541 g/mol. The Bertz CT molecular complexity index is 1180. The lowest BCUT2D eigenvalue weighted by molar-refractivity contribution is -0.123. The molecule has 5 nitrogen and oxygen atoms in total. The van der Waals surface area contributed by atoms with Crippen molar-refractivity contribution in [2.24, 2.45) is 0 Å². The zero-order valence-corrected chi connectivity index (χ0v) is 19.1. The molecule has 0 radical (unpaired) electrons. The molecule has 1 fully saturated rings. The van der Waals surface area contributed by atoms with Gasteiger partial charge < -0.3 is 4.74 Å². The van der Waals surface area contributed by atoms with Crippen molar-refractivity contribution < 1.29 is 19.1 Å². The minimum absolute atomic E-state index is 0.230. The molecule has 0 spiro atoms. The number of thioether (sulfide) groups is 1. The Morgan fingerprint density at radius 3 is 2.45 bits per heavy atom. The first-order chi connectivity index (χ1) is 15.0. The van der Waals surface area contributed by atoms with Crippen LogP contribution in [0.4, 0.5) is 4.79 Å². The number of hydrogen-bond donors (Lipinski definition) is 0. The van der Waals surface area contributed by atoms with Crippen LogP contribution >= 0.6 is 34.4 Å². The van der Waals surface area contributed by atoms with Crippen LogP contribution in [0.3, 0.4) is 0 Å². The molecule has 1 heterocycles. The highest BCUT2D eigenvalue weighted by Crippen LogP contribution is 2.33. The Labute approximate surface area is 197 Å². The fraction of sp³-hybridized carbons (Fsp3) is 0.0417. The lowest BCUT2D eigenvalue weighted by atomic mass is 10.2. The molecule has 0 atom stereocenters. The summed E-state index contributed by atoms with van der Waals surface area (Å²) in [5, 5.41) is -0.304.